The Bertz CT molecular complexity index is 503. The van der Waals surface area contributed by atoms with Crippen molar-refractivity contribution in [3.63, 3.8) is 0 Å². The standard InChI is InChI=1S/C15H23N3O3/c1-4-7-12(5-2)17-13-10-11(15(19)16-6-3)8-9-14(13)18(20)21/h8-10,12,17H,4-7H2,1-3H3,(H,16,19). The fourth-order valence-corrected chi connectivity index (χ4v) is 2.16. The summed E-state index contributed by atoms with van der Waals surface area (Å²) in [5.74, 6) is -0.223. The normalized spacial score (nSPS) is 11.8. The molecule has 1 atom stereocenters. The van der Waals surface area contributed by atoms with Crippen molar-refractivity contribution in [2.24, 2.45) is 0 Å². The van der Waals surface area contributed by atoms with E-state index < -0.39 is 4.92 Å². The third-order valence-electron chi connectivity index (χ3n) is 3.28. The van der Waals surface area contributed by atoms with Crippen molar-refractivity contribution in [3.8, 4) is 0 Å². The molecule has 1 rings (SSSR count). The van der Waals surface area contributed by atoms with E-state index in [0.717, 1.165) is 19.3 Å². The second-order valence-corrected chi connectivity index (χ2v) is 4.89. The molecule has 116 valence electrons. The minimum absolute atomic E-state index is 0.00222. The van der Waals surface area contributed by atoms with E-state index in [1.807, 2.05) is 13.8 Å². The van der Waals surface area contributed by atoms with Crippen LogP contribution >= 0.6 is 0 Å². The van der Waals surface area contributed by atoms with Gasteiger partial charge >= 0.3 is 0 Å². The fraction of sp³-hybridized carbons (Fsp3) is 0.533. The predicted octanol–water partition coefficient (Wildman–Crippen LogP) is 3.34. The van der Waals surface area contributed by atoms with E-state index >= 15 is 0 Å². The van der Waals surface area contributed by atoms with E-state index in [1.165, 1.54) is 12.1 Å². The summed E-state index contributed by atoms with van der Waals surface area (Å²) in [4.78, 5) is 22.5. The Balaban J connectivity index is 3.09. The lowest BCUT2D eigenvalue weighted by molar-refractivity contribution is -0.384. The molecule has 0 saturated carbocycles. The van der Waals surface area contributed by atoms with Crippen LogP contribution in [0.15, 0.2) is 18.2 Å². The number of rotatable bonds is 8. The van der Waals surface area contributed by atoms with Crippen LogP contribution in [0.25, 0.3) is 0 Å². The van der Waals surface area contributed by atoms with Crippen molar-refractivity contribution in [1.29, 1.82) is 0 Å². The lowest BCUT2D eigenvalue weighted by Gasteiger charge is -2.18. The number of benzene rings is 1. The first-order valence-electron chi connectivity index (χ1n) is 7.36. The van der Waals surface area contributed by atoms with Crippen LogP contribution in [0.4, 0.5) is 11.4 Å². The molecule has 1 unspecified atom stereocenters. The van der Waals surface area contributed by atoms with Gasteiger partial charge in [-0.2, -0.15) is 0 Å². The topological polar surface area (TPSA) is 84.3 Å². The number of hydrogen-bond donors (Lipinski definition) is 2. The van der Waals surface area contributed by atoms with Crippen molar-refractivity contribution in [2.75, 3.05) is 11.9 Å². The number of nitrogens with one attached hydrogen (secondary N) is 2. The average Bonchev–Trinajstić information content (AvgIpc) is 2.46. The van der Waals surface area contributed by atoms with Crippen molar-refractivity contribution >= 4 is 17.3 Å². The molecule has 0 aliphatic rings. The number of amides is 1. The van der Waals surface area contributed by atoms with Gasteiger partial charge in [-0.1, -0.05) is 20.3 Å². The molecule has 0 saturated heterocycles. The van der Waals surface area contributed by atoms with Gasteiger partial charge in [-0.3, -0.25) is 14.9 Å². The molecule has 6 nitrogen and oxygen atoms in total. The van der Waals surface area contributed by atoms with Crippen LogP contribution in [0.5, 0.6) is 0 Å². The van der Waals surface area contributed by atoms with Gasteiger partial charge in [-0.15, -0.1) is 0 Å². The number of carbonyl (C=O) groups excluding carboxylic acids is 1. The van der Waals surface area contributed by atoms with Crippen molar-refractivity contribution in [2.45, 2.75) is 46.1 Å². The molecule has 21 heavy (non-hydrogen) atoms. The zero-order valence-electron chi connectivity index (χ0n) is 12.8. The molecular weight excluding hydrogens is 270 g/mol. The number of nitro benzene ring substituents is 1. The Hall–Kier alpha value is -2.11. The maximum absolute atomic E-state index is 11.9. The van der Waals surface area contributed by atoms with E-state index in [1.54, 1.807) is 6.07 Å². The van der Waals surface area contributed by atoms with Crippen LogP contribution in [-0.2, 0) is 0 Å². The molecule has 0 spiro atoms. The monoisotopic (exact) mass is 293 g/mol. The Morgan fingerprint density at radius 1 is 1.33 bits per heavy atom. The van der Waals surface area contributed by atoms with Gasteiger partial charge in [-0.25, -0.2) is 0 Å². The molecule has 1 amide bonds. The van der Waals surface area contributed by atoms with Crippen LogP contribution in [0, 0.1) is 10.1 Å². The number of nitrogens with zero attached hydrogens (tertiary/aromatic N) is 1. The molecule has 6 heteroatoms. The molecule has 1 aromatic carbocycles. The second kappa shape index (κ2) is 8.24. The van der Waals surface area contributed by atoms with Gasteiger partial charge in [0.2, 0.25) is 0 Å². The highest BCUT2D eigenvalue weighted by Crippen LogP contribution is 2.27. The molecule has 0 radical (unpaired) electrons. The van der Waals surface area contributed by atoms with E-state index in [9.17, 15) is 14.9 Å². The van der Waals surface area contributed by atoms with E-state index in [0.29, 0.717) is 17.8 Å². The smallest absolute Gasteiger partial charge is 0.292 e. The van der Waals surface area contributed by atoms with Crippen LogP contribution in [-0.4, -0.2) is 23.4 Å². The quantitative estimate of drug-likeness (QED) is 0.568. The summed E-state index contributed by atoms with van der Waals surface area (Å²) in [5, 5.41) is 17.0. The first-order chi connectivity index (χ1) is 10.0. The summed E-state index contributed by atoms with van der Waals surface area (Å²) >= 11 is 0. The van der Waals surface area contributed by atoms with Crippen molar-refractivity contribution < 1.29 is 9.72 Å². The summed E-state index contributed by atoms with van der Waals surface area (Å²) < 4.78 is 0. The van der Waals surface area contributed by atoms with Crippen LogP contribution < -0.4 is 10.6 Å². The average molecular weight is 293 g/mol. The molecule has 0 aliphatic carbocycles. The molecule has 2 N–H and O–H groups in total. The maximum atomic E-state index is 11.9. The minimum Gasteiger partial charge on any atom is -0.377 e. The number of hydrogen-bond acceptors (Lipinski definition) is 4. The Kier molecular flexibility index (Phi) is 6.65. The van der Waals surface area contributed by atoms with E-state index in [-0.39, 0.29) is 17.6 Å². The number of anilines is 1. The van der Waals surface area contributed by atoms with Crippen LogP contribution in [0.1, 0.15) is 50.4 Å². The Labute approximate surface area is 125 Å². The first-order valence-corrected chi connectivity index (χ1v) is 7.36. The molecular formula is C15H23N3O3. The third-order valence-corrected chi connectivity index (χ3v) is 3.28. The summed E-state index contributed by atoms with van der Waals surface area (Å²) in [6.07, 6.45) is 2.80. The molecule has 0 aliphatic heterocycles. The van der Waals surface area contributed by atoms with E-state index in [2.05, 4.69) is 17.6 Å². The summed E-state index contributed by atoms with van der Waals surface area (Å²) in [6.45, 7) is 6.46. The summed E-state index contributed by atoms with van der Waals surface area (Å²) in [6, 6.07) is 4.58. The first kappa shape index (κ1) is 16.9. The fourth-order valence-electron chi connectivity index (χ4n) is 2.16. The van der Waals surface area contributed by atoms with Gasteiger partial charge in [0.05, 0.1) is 4.92 Å². The lowest BCUT2D eigenvalue weighted by Crippen LogP contribution is -2.23. The zero-order valence-corrected chi connectivity index (χ0v) is 12.8. The summed E-state index contributed by atoms with van der Waals surface area (Å²) in [5.41, 5.74) is 0.831. The van der Waals surface area contributed by atoms with Gasteiger partial charge in [0.15, 0.2) is 0 Å². The minimum atomic E-state index is -0.428. The summed E-state index contributed by atoms with van der Waals surface area (Å²) in [7, 11) is 0. The SMILES string of the molecule is CCCC(CC)Nc1cc(C(=O)NCC)ccc1[N+](=O)[O-]. The van der Waals surface area contributed by atoms with Gasteiger partial charge in [0, 0.05) is 24.2 Å². The van der Waals surface area contributed by atoms with Gasteiger partial charge in [0.1, 0.15) is 5.69 Å². The molecule has 0 fully saturated rings. The largest absolute Gasteiger partial charge is 0.377 e. The van der Waals surface area contributed by atoms with E-state index in [4.69, 9.17) is 0 Å². The Morgan fingerprint density at radius 2 is 2.05 bits per heavy atom. The third kappa shape index (κ3) is 4.73. The molecule has 0 aromatic heterocycles. The molecule has 0 heterocycles. The Morgan fingerprint density at radius 3 is 2.57 bits per heavy atom. The molecule has 1 aromatic rings. The highest BCUT2D eigenvalue weighted by atomic mass is 16.6. The van der Waals surface area contributed by atoms with Gasteiger partial charge < -0.3 is 10.6 Å². The van der Waals surface area contributed by atoms with Crippen molar-refractivity contribution in [3.05, 3.63) is 33.9 Å². The predicted molar refractivity (Wildman–Crippen MR) is 83.7 cm³/mol. The molecule has 0 bridgehead atoms. The van der Waals surface area contributed by atoms with Crippen LogP contribution in [0.3, 0.4) is 0 Å². The lowest BCUT2D eigenvalue weighted by atomic mass is 10.1. The number of carbonyl (C=O) groups is 1. The number of nitro groups is 1. The zero-order chi connectivity index (χ0) is 15.8. The van der Waals surface area contributed by atoms with Gasteiger partial charge in [-0.05, 0) is 31.9 Å². The highest BCUT2D eigenvalue weighted by molar-refractivity contribution is 5.95. The second-order valence-electron chi connectivity index (χ2n) is 4.89. The van der Waals surface area contributed by atoms with Crippen LogP contribution in [0.2, 0.25) is 0 Å². The maximum Gasteiger partial charge on any atom is 0.292 e. The van der Waals surface area contributed by atoms with Gasteiger partial charge in [0.25, 0.3) is 11.6 Å². The highest BCUT2D eigenvalue weighted by Gasteiger charge is 2.18. The van der Waals surface area contributed by atoms with Crippen molar-refractivity contribution in [1.82, 2.24) is 5.32 Å².